The molecule has 0 saturated carbocycles. The van der Waals surface area contributed by atoms with Crippen molar-refractivity contribution < 1.29 is 0 Å². The van der Waals surface area contributed by atoms with Gasteiger partial charge in [0.1, 0.15) is 0 Å². The van der Waals surface area contributed by atoms with E-state index in [9.17, 15) is 0 Å². The quantitative estimate of drug-likeness (QED) is 0.691. The predicted octanol–water partition coefficient (Wildman–Crippen LogP) is 2.47. The third-order valence-electron chi connectivity index (χ3n) is 4.81. The maximum atomic E-state index is 5.02. The number of aromatic amines is 1. The van der Waals surface area contributed by atoms with E-state index in [1.807, 2.05) is 31.3 Å². The van der Waals surface area contributed by atoms with Crippen molar-refractivity contribution in [2.45, 2.75) is 6.42 Å². The van der Waals surface area contributed by atoms with Crippen molar-refractivity contribution in [2.75, 3.05) is 57.1 Å². The van der Waals surface area contributed by atoms with E-state index in [0.717, 1.165) is 66.5 Å². The van der Waals surface area contributed by atoms with Gasteiger partial charge in [0.05, 0.1) is 18.1 Å². The van der Waals surface area contributed by atoms with Crippen molar-refractivity contribution in [1.82, 2.24) is 30.0 Å². The fourth-order valence-electron chi connectivity index (χ4n) is 3.36. The number of rotatable bonds is 3. The van der Waals surface area contributed by atoms with Crippen molar-refractivity contribution in [3.05, 3.63) is 24.7 Å². The second-order valence-electron chi connectivity index (χ2n) is 6.93. The zero-order valence-electron chi connectivity index (χ0n) is 16.3. The number of nitrogens with zero attached hydrogens (tertiary/aromatic N) is 7. The first-order chi connectivity index (χ1) is 12.6. The van der Waals surface area contributed by atoms with E-state index < -0.39 is 0 Å². The summed E-state index contributed by atoms with van der Waals surface area (Å²) in [7, 11) is 6.20. The molecular weight excluding hydrogens is 399 g/mol. The first kappa shape index (κ1) is 22.1. The molecule has 1 saturated heterocycles. The topological polar surface area (TPSA) is 77.1 Å². The Balaban J connectivity index is 0.00000140. The molecule has 1 aliphatic heterocycles. The first-order valence-corrected chi connectivity index (χ1v) is 8.90. The predicted molar refractivity (Wildman–Crippen MR) is 118 cm³/mol. The molecule has 4 rings (SSSR count). The van der Waals surface area contributed by atoms with E-state index in [-0.39, 0.29) is 24.8 Å². The Kier molecular flexibility index (Phi) is 7.40. The van der Waals surface area contributed by atoms with Crippen molar-refractivity contribution in [3.8, 4) is 11.3 Å². The van der Waals surface area contributed by atoms with E-state index in [1.165, 1.54) is 0 Å². The molecule has 1 fully saturated rings. The molecule has 152 valence electrons. The molecule has 0 spiro atoms. The van der Waals surface area contributed by atoms with Gasteiger partial charge in [-0.15, -0.1) is 24.8 Å². The van der Waals surface area contributed by atoms with Crippen LogP contribution in [0.4, 0.5) is 11.6 Å². The van der Waals surface area contributed by atoms with E-state index in [0.29, 0.717) is 0 Å². The Bertz CT molecular complexity index is 913. The minimum absolute atomic E-state index is 0. The van der Waals surface area contributed by atoms with Gasteiger partial charge in [-0.05, 0) is 26.1 Å². The van der Waals surface area contributed by atoms with E-state index in [4.69, 9.17) is 9.97 Å². The van der Waals surface area contributed by atoms with Crippen molar-refractivity contribution in [2.24, 2.45) is 0 Å². The zero-order valence-corrected chi connectivity index (χ0v) is 17.9. The molecule has 0 amide bonds. The normalized spacial score (nSPS) is 14.9. The van der Waals surface area contributed by atoms with Crippen molar-refractivity contribution in [1.29, 1.82) is 0 Å². The SMILES string of the molecule is CN1CCCN(c2nc(-c3ccnc4[nH]ncc34)cnc2N(C)C)CC1.Cl.Cl. The molecule has 1 N–H and O–H groups in total. The highest BCUT2D eigenvalue weighted by Gasteiger charge is 2.20. The lowest BCUT2D eigenvalue weighted by atomic mass is 10.1. The summed E-state index contributed by atoms with van der Waals surface area (Å²) in [6.07, 6.45) is 6.53. The molecule has 3 aromatic heterocycles. The molecular formula is C18H26Cl2N8. The second-order valence-corrected chi connectivity index (χ2v) is 6.93. The average Bonchev–Trinajstić information content (AvgIpc) is 3.02. The lowest BCUT2D eigenvalue weighted by Crippen LogP contribution is -2.31. The Morgan fingerprint density at radius 1 is 1.04 bits per heavy atom. The van der Waals surface area contributed by atoms with Crippen LogP contribution < -0.4 is 9.80 Å². The summed E-state index contributed by atoms with van der Waals surface area (Å²) in [5.74, 6) is 1.84. The summed E-state index contributed by atoms with van der Waals surface area (Å²) >= 11 is 0. The highest BCUT2D eigenvalue weighted by atomic mass is 35.5. The van der Waals surface area contributed by atoms with Gasteiger partial charge in [-0.25, -0.2) is 15.0 Å². The van der Waals surface area contributed by atoms with Crippen LogP contribution in [-0.4, -0.2) is 77.4 Å². The first-order valence-electron chi connectivity index (χ1n) is 8.90. The molecule has 3 aromatic rings. The largest absolute Gasteiger partial charge is 0.360 e. The van der Waals surface area contributed by atoms with Gasteiger partial charge in [0, 0.05) is 50.9 Å². The fourth-order valence-corrected chi connectivity index (χ4v) is 3.36. The van der Waals surface area contributed by atoms with E-state index in [2.05, 4.69) is 32.0 Å². The van der Waals surface area contributed by atoms with Gasteiger partial charge in [-0.2, -0.15) is 5.10 Å². The number of aromatic nitrogens is 5. The van der Waals surface area contributed by atoms with Gasteiger partial charge in [-0.1, -0.05) is 0 Å². The third kappa shape index (κ3) is 4.29. The van der Waals surface area contributed by atoms with Crippen LogP contribution in [0.3, 0.4) is 0 Å². The minimum atomic E-state index is 0. The minimum Gasteiger partial charge on any atom is -0.360 e. The molecule has 0 unspecified atom stereocenters. The molecule has 10 heteroatoms. The van der Waals surface area contributed by atoms with Gasteiger partial charge in [0.2, 0.25) is 0 Å². The standard InChI is InChI=1S/C18H24N8.2ClH/c1-24(2)17-18(26-8-4-7-25(3)9-10-26)22-15(12-20-17)13-5-6-19-16-14(13)11-21-23-16;;/h5-6,11-12H,4,7-10H2,1-3H3,(H,19,21,23);2*1H. The molecule has 4 heterocycles. The Labute approximate surface area is 177 Å². The van der Waals surface area contributed by atoms with Crippen LogP contribution in [0.1, 0.15) is 6.42 Å². The number of hydrogen-bond acceptors (Lipinski definition) is 7. The zero-order chi connectivity index (χ0) is 18.1. The van der Waals surface area contributed by atoms with Crippen LogP contribution in [-0.2, 0) is 0 Å². The third-order valence-corrected chi connectivity index (χ3v) is 4.81. The molecule has 0 bridgehead atoms. The maximum Gasteiger partial charge on any atom is 0.172 e. The second kappa shape index (κ2) is 9.36. The summed E-state index contributed by atoms with van der Waals surface area (Å²) in [5, 5.41) is 7.98. The number of fused-ring (bicyclic) bond motifs is 1. The number of pyridine rings is 1. The van der Waals surface area contributed by atoms with E-state index >= 15 is 0 Å². The van der Waals surface area contributed by atoms with E-state index in [1.54, 1.807) is 12.4 Å². The number of H-pyrrole nitrogens is 1. The van der Waals surface area contributed by atoms with Crippen molar-refractivity contribution >= 4 is 47.5 Å². The smallest absolute Gasteiger partial charge is 0.172 e. The van der Waals surface area contributed by atoms with Crippen LogP contribution in [0.5, 0.6) is 0 Å². The van der Waals surface area contributed by atoms with Gasteiger partial charge in [0.25, 0.3) is 0 Å². The highest BCUT2D eigenvalue weighted by Crippen LogP contribution is 2.30. The number of likely N-dealkylation sites (N-methyl/N-ethyl adjacent to an activating group) is 1. The van der Waals surface area contributed by atoms with Crippen LogP contribution in [0.25, 0.3) is 22.3 Å². The molecule has 0 aromatic carbocycles. The summed E-state index contributed by atoms with van der Waals surface area (Å²) < 4.78 is 0. The van der Waals surface area contributed by atoms with Crippen LogP contribution >= 0.6 is 24.8 Å². The summed E-state index contributed by atoms with van der Waals surface area (Å²) in [4.78, 5) is 20.8. The monoisotopic (exact) mass is 424 g/mol. The number of nitrogens with one attached hydrogen (secondary N) is 1. The lowest BCUT2D eigenvalue weighted by Gasteiger charge is -2.26. The summed E-state index contributed by atoms with van der Waals surface area (Å²) in [6.45, 7) is 4.08. The number of halogens is 2. The Hall–Kier alpha value is -2.16. The summed E-state index contributed by atoms with van der Waals surface area (Å²) in [6, 6.07) is 1.97. The van der Waals surface area contributed by atoms with Gasteiger partial charge >= 0.3 is 0 Å². The van der Waals surface area contributed by atoms with Gasteiger partial charge in [0.15, 0.2) is 17.3 Å². The Morgan fingerprint density at radius 3 is 2.64 bits per heavy atom. The van der Waals surface area contributed by atoms with Crippen LogP contribution in [0.15, 0.2) is 24.7 Å². The van der Waals surface area contributed by atoms with Gasteiger partial charge < -0.3 is 14.7 Å². The fraction of sp³-hybridized carbons (Fsp3) is 0.444. The molecule has 28 heavy (non-hydrogen) atoms. The molecule has 8 nitrogen and oxygen atoms in total. The summed E-state index contributed by atoms with van der Waals surface area (Å²) in [5.41, 5.74) is 2.60. The average molecular weight is 425 g/mol. The van der Waals surface area contributed by atoms with Crippen LogP contribution in [0.2, 0.25) is 0 Å². The lowest BCUT2D eigenvalue weighted by molar-refractivity contribution is 0.360. The number of anilines is 2. The number of hydrogen-bond donors (Lipinski definition) is 1. The van der Waals surface area contributed by atoms with Gasteiger partial charge in [-0.3, -0.25) is 5.10 Å². The van der Waals surface area contributed by atoms with Crippen molar-refractivity contribution in [3.63, 3.8) is 0 Å². The Morgan fingerprint density at radius 2 is 1.86 bits per heavy atom. The van der Waals surface area contributed by atoms with Crippen LogP contribution in [0, 0.1) is 0 Å². The highest BCUT2D eigenvalue weighted by molar-refractivity contribution is 5.91. The molecule has 0 radical (unpaired) electrons. The maximum absolute atomic E-state index is 5.02. The molecule has 0 aliphatic carbocycles. The molecule has 0 atom stereocenters. The molecule has 1 aliphatic rings.